The van der Waals surface area contributed by atoms with Gasteiger partial charge >= 0.3 is 6.09 Å². The van der Waals surface area contributed by atoms with Crippen LogP contribution in [0.25, 0.3) is 0 Å². The van der Waals surface area contributed by atoms with Crippen molar-refractivity contribution in [3.8, 4) is 0 Å². The van der Waals surface area contributed by atoms with Crippen LogP contribution in [0.15, 0.2) is 51.8 Å². The zero-order chi connectivity index (χ0) is 23.7. The number of rotatable bonds is 5. The molecule has 1 aliphatic rings. The topological polar surface area (TPSA) is 95.9 Å². The number of carbonyl (C=O) groups is 1. The molecule has 10 heteroatoms. The van der Waals surface area contributed by atoms with Crippen LogP contribution in [0.1, 0.15) is 31.6 Å². The second-order valence-corrected chi connectivity index (χ2v) is 11.5. The highest BCUT2D eigenvalue weighted by Crippen LogP contribution is 2.43. The molecule has 32 heavy (non-hydrogen) atoms. The van der Waals surface area contributed by atoms with E-state index < -0.39 is 38.6 Å². The number of amides is 1. The van der Waals surface area contributed by atoms with Gasteiger partial charge in [0.2, 0.25) is 0 Å². The van der Waals surface area contributed by atoms with E-state index in [1.54, 1.807) is 39.0 Å². The first-order valence-electron chi connectivity index (χ1n) is 10.1. The summed E-state index contributed by atoms with van der Waals surface area (Å²) in [6.07, 6.45) is -0.606. The van der Waals surface area contributed by atoms with Gasteiger partial charge in [-0.2, -0.15) is 0 Å². The molecule has 0 saturated carbocycles. The van der Waals surface area contributed by atoms with Crippen LogP contribution in [0.2, 0.25) is 0 Å². The molecule has 2 N–H and O–H groups in total. The average molecular weight is 529 g/mol. The van der Waals surface area contributed by atoms with Crippen molar-refractivity contribution in [2.75, 3.05) is 24.6 Å². The molecule has 2 unspecified atom stereocenters. The van der Waals surface area contributed by atoms with Gasteiger partial charge in [-0.15, -0.1) is 0 Å². The fraction of sp³-hybridized carbons (Fsp3) is 0.409. The zero-order valence-corrected chi connectivity index (χ0v) is 20.4. The molecule has 2 atom stereocenters. The van der Waals surface area contributed by atoms with Crippen molar-refractivity contribution in [1.82, 2.24) is 5.32 Å². The first-order chi connectivity index (χ1) is 14.9. The van der Waals surface area contributed by atoms with Crippen LogP contribution in [0.4, 0.5) is 14.9 Å². The summed E-state index contributed by atoms with van der Waals surface area (Å²) in [5.41, 5.74) is 0.0744. The Morgan fingerprint density at radius 3 is 2.50 bits per heavy atom. The van der Waals surface area contributed by atoms with Crippen LogP contribution in [-0.4, -0.2) is 51.0 Å². The maximum Gasteiger partial charge on any atom is 0.414 e. The lowest BCUT2D eigenvalue weighted by Gasteiger charge is -2.40. The number of hydrogen-bond donors (Lipinski definition) is 2. The zero-order valence-electron chi connectivity index (χ0n) is 18.0. The van der Waals surface area contributed by atoms with Gasteiger partial charge in [-0.25, -0.2) is 17.6 Å². The monoisotopic (exact) mass is 528 g/mol. The Balaban J connectivity index is 2.15. The van der Waals surface area contributed by atoms with Crippen LogP contribution in [0, 0.1) is 5.82 Å². The minimum absolute atomic E-state index is 0.00343. The quantitative estimate of drug-likeness (QED) is 0.573. The number of anilines is 1. The van der Waals surface area contributed by atoms with Crippen LogP contribution in [0.3, 0.4) is 0 Å². The maximum absolute atomic E-state index is 13.7. The molecule has 0 bridgehead atoms. The van der Waals surface area contributed by atoms with Crippen LogP contribution in [0.5, 0.6) is 0 Å². The third-order valence-corrected chi connectivity index (χ3v) is 7.62. The number of fused-ring (bicyclic) bond motifs is 1. The van der Waals surface area contributed by atoms with E-state index in [9.17, 15) is 22.7 Å². The number of nitrogens with one attached hydrogen (secondary N) is 1. The Kier molecular flexibility index (Phi) is 7.28. The molecule has 174 valence electrons. The van der Waals surface area contributed by atoms with E-state index in [1.165, 1.54) is 17.0 Å². The van der Waals surface area contributed by atoms with E-state index in [-0.39, 0.29) is 24.6 Å². The van der Waals surface area contributed by atoms with Gasteiger partial charge in [0.15, 0.2) is 9.84 Å². The third kappa shape index (κ3) is 5.31. The third-order valence-electron chi connectivity index (χ3n) is 4.94. The summed E-state index contributed by atoms with van der Waals surface area (Å²) in [6.45, 7) is 5.18. The average Bonchev–Trinajstić information content (AvgIpc) is 2.70. The van der Waals surface area contributed by atoms with Crippen molar-refractivity contribution in [3.05, 3.63) is 58.3 Å². The highest BCUT2D eigenvalue weighted by molar-refractivity contribution is 9.10. The number of sulfone groups is 1. The number of aliphatic hydroxyl groups excluding tert-OH is 1. The molecular formula is C22H26BrFN2O5S. The second kappa shape index (κ2) is 9.46. The van der Waals surface area contributed by atoms with Crippen molar-refractivity contribution in [2.24, 2.45) is 0 Å². The van der Waals surface area contributed by atoms with E-state index in [0.717, 1.165) is 12.1 Å². The number of hydrogen-bond acceptors (Lipinski definition) is 6. The van der Waals surface area contributed by atoms with Crippen molar-refractivity contribution in [2.45, 2.75) is 42.6 Å². The highest BCUT2D eigenvalue weighted by Gasteiger charge is 2.44. The van der Waals surface area contributed by atoms with E-state index in [0.29, 0.717) is 15.7 Å². The normalized spacial score (nSPS) is 18.9. The molecule has 0 radical (unpaired) electrons. The summed E-state index contributed by atoms with van der Waals surface area (Å²) in [6, 6.07) is 8.94. The largest absolute Gasteiger partial charge is 0.443 e. The molecule has 1 aliphatic heterocycles. The van der Waals surface area contributed by atoms with Gasteiger partial charge in [0, 0.05) is 23.6 Å². The lowest BCUT2D eigenvalue weighted by Crippen LogP contribution is -2.53. The summed E-state index contributed by atoms with van der Waals surface area (Å²) in [7, 11) is -3.97. The Bertz CT molecular complexity index is 1090. The molecule has 0 spiro atoms. The number of ether oxygens (including phenoxy) is 1. The smallest absolute Gasteiger partial charge is 0.414 e. The lowest BCUT2D eigenvalue weighted by molar-refractivity contribution is 0.0573. The molecular weight excluding hydrogens is 503 g/mol. The van der Waals surface area contributed by atoms with Gasteiger partial charge in [0.1, 0.15) is 16.7 Å². The lowest BCUT2D eigenvalue weighted by atomic mass is 9.97. The molecule has 0 saturated heterocycles. The minimum Gasteiger partial charge on any atom is -0.443 e. The van der Waals surface area contributed by atoms with Crippen molar-refractivity contribution >= 4 is 37.5 Å². The van der Waals surface area contributed by atoms with E-state index in [1.807, 2.05) is 0 Å². The van der Waals surface area contributed by atoms with Crippen LogP contribution >= 0.6 is 15.9 Å². The number of benzene rings is 2. The Morgan fingerprint density at radius 2 is 1.91 bits per heavy atom. The number of nitrogens with zero attached hydrogens (tertiary/aromatic N) is 1. The molecule has 0 aromatic heterocycles. The van der Waals surface area contributed by atoms with Gasteiger partial charge < -0.3 is 15.2 Å². The predicted octanol–water partition coefficient (Wildman–Crippen LogP) is 3.81. The molecule has 2 aromatic carbocycles. The fourth-order valence-electron chi connectivity index (χ4n) is 3.66. The maximum atomic E-state index is 13.7. The summed E-state index contributed by atoms with van der Waals surface area (Å²) >= 11 is 3.39. The van der Waals surface area contributed by atoms with Gasteiger partial charge in [0.05, 0.1) is 17.2 Å². The van der Waals surface area contributed by atoms with Gasteiger partial charge in [-0.05, 0) is 62.7 Å². The summed E-state index contributed by atoms with van der Waals surface area (Å²) in [4.78, 5) is 14.4. The van der Waals surface area contributed by atoms with E-state index in [2.05, 4.69) is 21.2 Å². The molecule has 0 aliphatic carbocycles. The first-order valence-corrected chi connectivity index (χ1v) is 12.4. The fourth-order valence-corrected chi connectivity index (χ4v) is 5.97. The number of halogens is 2. The SMILES string of the molecule is CC(C)(C)OC(=O)N1CC(NCCO)C(S(=O)(=O)c2ccc(F)cc2)c2ccc(Br)cc21. The Morgan fingerprint density at radius 1 is 1.25 bits per heavy atom. The van der Waals surface area contributed by atoms with Gasteiger partial charge in [0.25, 0.3) is 0 Å². The molecule has 1 amide bonds. The predicted molar refractivity (Wildman–Crippen MR) is 123 cm³/mol. The first kappa shape index (κ1) is 24.6. The van der Waals surface area contributed by atoms with Gasteiger partial charge in [-0.3, -0.25) is 4.90 Å². The van der Waals surface area contributed by atoms with Gasteiger partial charge in [-0.1, -0.05) is 22.0 Å². The summed E-state index contributed by atoms with van der Waals surface area (Å²) in [5, 5.41) is 11.3. The van der Waals surface area contributed by atoms with Crippen molar-refractivity contribution < 1.29 is 27.4 Å². The summed E-state index contributed by atoms with van der Waals surface area (Å²) < 4.78 is 46.9. The standard InChI is InChI=1S/C22H26BrFN2O5S/c1-22(2,3)31-21(28)26-13-18(25-10-11-27)20(17-9-4-14(23)12-19(17)26)32(29,30)16-7-5-15(24)6-8-16/h4-9,12,18,20,25,27H,10-11,13H2,1-3H3. The molecule has 0 fully saturated rings. The van der Waals surface area contributed by atoms with E-state index >= 15 is 0 Å². The second-order valence-electron chi connectivity index (χ2n) is 8.50. The molecule has 3 rings (SSSR count). The van der Waals surface area contributed by atoms with Crippen molar-refractivity contribution in [1.29, 1.82) is 0 Å². The molecule has 7 nitrogen and oxygen atoms in total. The molecule has 1 heterocycles. The summed E-state index contributed by atoms with van der Waals surface area (Å²) in [5.74, 6) is -0.539. The van der Waals surface area contributed by atoms with Crippen molar-refractivity contribution in [3.63, 3.8) is 0 Å². The number of carbonyl (C=O) groups excluding carboxylic acids is 1. The Hall–Kier alpha value is -2.01. The Labute approximate surface area is 195 Å². The molecule has 2 aromatic rings. The minimum atomic E-state index is -3.97. The van der Waals surface area contributed by atoms with E-state index in [4.69, 9.17) is 4.74 Å². The van der Waals surface area contributed by atoms with Crippen LogP contribution in [-0.2, 0) is 14.6 Å². The highest BCUT2D eigenvalue weighted by atomic mass is 79.9. The van der Waals surface area contributed by atoms with Crippen LogP contribution < -0.4 is 10.2 Å². The number of aliphatic hydroxyl groups is 1.